The fraction of sp³-hybridized carbons (Fsp3) is 0.407. The number of amides is 1. The van der Waals surface area contributed by atoms with Crippen LogP contribution in [0, 0.1) is 6.92 Å². The van der Waals surface area contributed by atoms with Crippen LogP contribution < -0.4 is 15.1 Å². The van der Waals surface area contributed by atoms with Crippen LogP contribution in [-0.2, 0) is 0 Å². The summed E-state index contributed by atoms with van der Waals surface area (Å²) in [4.78, 5) is 33.9. The normalized spacial score (nSPS) is 16.9. The number of rotatable bonds is 5. The Labute approximate surface area is 220 Å². The number of pyridine rings is 1. The number of anilines is 3. The Morgan fingerprint density at radius 3 is 2.59 bits per heavy atom. The summed E-state index contributed by atoms with van der Waals surface area (Å²) >= 11 is 1.46. The number of aromatic nitrogens is 3. The van der Waals surface area contributed by atoms with E-state index in [1.54, 1.807) is 11.6 Å². The number of aryl methyl sites for hydroxylation is 1. The Morgan fingerprint density at radius 1 is 1.00 bits per heavy atom. The Bertz CT molecular complexity index is 1420. The number of nitrogens with one attached hydrogen (secondary N) is 1. The molecule has 37 heavy (non-hydrogen) atoms. The number of carbonyl (C=O) groups excluding carboxylic acids is 1. The monoisotopic (exact) mass is 517 g/mol. The van der Waals surface area contributed by atoms with Crippen LogP contribution in [0.5, 0.6) is 0 Å². The van der Waals surface area contributed by atoms with Crippen molar-refractivity contribution in [3.05, 3.63) is 47.2 Å². The summed E-state index contributed by atoms with van der Waals surface area (Å²) in [6, 6.07) is 8.52. The molecule has 0 saturated carbocycles. The van der Waals surface area contributed by atoms with Gasteiger partial charge >= 0.3 is 0 Å². The second kappa shape index (κ2) is 10.1. The van der Waals surface area contributed by atoms with E-state index in [2.05, 4.69) is 43.1 Å². The molecule has 1 N–H and O–H groups in total. The van der Waals surface area contributed by atoms with Gasteiger partial charge in [-0.05, 0) is 51.4 Å². The highest BCUT2D eigenvalue weighted by molar-refractivity contribution is 7.13. The van der Waals surface area contributed by atoms with Gasteiger partial charge in [-0.15, -0.1) is 11.3 Å². The van der Waals surface area contributed by atoms with Gasteiger partial charge < -0.3 is 24.4 Å². The maximum absolute atomic E-state index is 13.3. The number of likely N-dealkylation sites (N-methyl/N-ethyl adjacent to an activating group) is 1. The molecule has 6 rings (SSSR count). The van der Waals surface area contributed by atoms with Crippen LogP contribution in [0.2, 0.25) is 0 Å². The number of hydrogen-bond acceptors (Lipinski definition) is 9. The van der Waals surface area contributed by atoms with E-state index in [4.69, 9.17) is 9.40 Å². The van der Waals surface area contributed by atoms with E-state index in [1.807, 2.05) is 25.1 Å². The van der Waals surface area contributed by atoms with E-state index < -0.39 is 0 Å². The molecule has 0 spiro atoms. The minimum atomic E-state index is -0.232. The van der Waals surface area contributed by atoms with Crippen molar-refractivity contribution in [1.82, 2.24) is 19.9 Å². The molecule has 0 bridgehead atoms. The highest BCUT2D eigenvalue weighted by Crippen LogP contribution is 2.35. The molecule has 5 heterocycles. The van der Waals surface area contributed by atoms with E-state index >= 15 is 0 Å². The predicted molar refractivity (Wildman–Crippen MR) is 148 cm³/mol. The molecule has 0 aliphatic carbocycles. The molecule has 2 fully saturated rings. The second-order valence-electron chi connectivity index (χ2n) is 9.85. The number of nitrogens with zero attached hydrogens (tertiary/aromatic N) is 6. The predicted octanol–water partition coefficient (Wildman–Crippen LogP) is 4.65. The maximum atomic E-state index is 13.3. The number of hydrogen-bond donors (Lipinski definition) is 1. The highest BCUT2D eigenvalue weighted by Gasteiger charge is 2.23. The molecular weight excluding hydrogens is 486 g/mol. The first-order valence-corrected chi connectivity index (χ1v) is 13.7. The molecule has 4 aromatic rings. The van der Waals surface area contributed by atoms with Crippen LogP contribution >= 0.6 is 11.3 Å². The van der Waals surface area contributed by atoms with Crippen molar-refractivity contribution in [2.24, 2.45) is 0 Å². The number of piperidine rings is 1. The fourth-order valence-electron chi connectivity index (χ4n) is 4.96. The van der Waals surface area contributed by atoms with E-state index in [9.17, 15) is 4.79 Å². The summed E-state index contributed by atoms with van der Waals surface area (Å²) in [6.45, 7) is 7.59. The molecular formula is C27H31N7O2S. The van der Waals surface area contributed by atoms with Crippen molar-refractivity contribution in [1.29, 1.82) is 0 Å². The van der Waals surface area contributed by atoms with Crippen LogP contribution in [-0.4, -0.2) is 72.1 Å². The average molecular weight is 518 g/mol. The highest BCUT2D eigenvalue weighted by atomic mass is 32.1. The van der Waals surface area contributed by atoms with Crippen LogP contribution in [0.3, 0.4) is 0 Å². The zero-order valence-corrected chi connectivity index (χ0v) is 22.1. The van der Waals surface area contributed by atoms with Crippen molar-refractivity contribution < 1.29 is 9.21 Å². The SMILES string of the molecule is Cc1cc(-c2nc(C(=O)Nc3cc4oc(N5CCN(C)CC5)nc4cc3N3CCCCC3)cs2)ccn1. The van der Waals surface area contributed by atoms with Gasteiger partial charge in [0.2, 0.25) is 0 Å². The van der Waals surface area contributed by atoms with Gasteiger partial charge in [0.25, 0.3) is 11.9 Å². The standard InChI is InChI=1S/C27H31N7O2S/c1-18-14-19(6-7-28-18)26-30-22(17-37-26)25(35)29-20-16-24-21(15-23(20)33-8-4-3-5-9-33)31-27(36-24)34-12-10-32(2)11-13-34/h6-7,14-17H,3-5,8-13H2,1-2H3,(H,29,35). The number of piperazine rings is 1. The van der Waals surface area contributed by atoms with Crippen molar-refractivity contribution in [3.63, 3.8) is 0 Å². The van der Waals surface area contributed by atoms with Crippen LogP contribution in [0.15, 0.2) is 40.3 Å². The molecule has 3 aromatic heterocycles. The van der Waals surface area contributed by atoms with Crippen molar-refractivity contribution in [3.8, 4) is 10.6 Å². The van der Waals surface area contributed by atoms with E-state index in [1.165, 1.54) is 17.8 Å². The molecule has 1 amide bonds. The lowest BCUT2D eigenvalue weighted by atomic mass is 10.1. The first kappa shape index (κ1) is 23.9. The van der Waals surface area contributed by atoms with Gasteiger partial charge in [0, 0.05) is 68.2 Å². The average Bonchev–Trinajstić information content (AvgIpc) is 3.57. The molecule has 1 aromatic carbocycles. The summed E-state index contributed by atoms with van der Waals surface area (Å²) in [6.07, 6.45) is 5.27. The number of oxazole rings is 1. The van der Waals surface area contributed by atoms with Crippen molar-refractivity contribution >= 4 is 45.7 Å². The Morgan fingerprint density at radius 2 is 1.81 bits per heavy atom. The molecule has 0 unspecified atom stereocenters. The smallest absolute Gasteiger partial charge is 0.298 e. The first-order valence-electron chi connectivity index (χ1n) is 12.9. The lowest BCUT2D eigenvalue weighted by Gasteiger charge is -2.31. The number of fused-ring (bicyclic) bond motifs is 1. The van der Waals surface area contributed by atoms with Gasteiger partial charge in [-0.2, -0.15) is 4.98 Å². The van der Waals surface area contributed by atoms with Crippen molar-refractivity contribution in [2.75, 3.05) is 61.4 Å². The summed E-state index contributed by atoms with van der Waals surface area (Å²) in [7, 11) is 2.13. The number of benzene rings is 1. The molecule has 10 heteroatoms. The van der Waals surface area contributed by atoms with Gasteiger partial charge in [-0.3, -0.25) is 9.78 Å². The molecule has 0 radical (unpaired) electrons. The lowest BCUT2D eigenvalue weighted by Crippen LogP contribution is -2.44. The van der Waals surface area contributed by atoms with Gasteiger partial charge in [-0.1, -0.05) is 0 Å². The topological polar surface area (TPSA) is 90.6 Å². The largest absolute Gasteiger partial charge is 0.423 e. The number of carbonyl (C=O) groups is 1. The van der Waals surface area contributed by atoms with Crippen LogP contribution in [0.1, 0.15) is 35.4 Å². The Hall–Kier alpha value is -3.50. The quantitative estimate of drug-likeness (QED) is 0.409. The zero-order valence-electron chi connectivity index (χ0n) is 21.2. The first-order chi connectivity index (χ1) is 18.0. The Kier molecular flexibility index (Phi) is 6.52. The summed E-state index contributed by atoms with van der Waals surface area (Å²) in [5.41, 5.74) is 5.49. The fourth-order valence-corrected chi connectivity index (χ4v) is 5.75. The van der Waals surface area contributed by atoms with Crippen LogP contribution in [0.4, 0.5) is 17.4 Å². The molecule has 9 nitrogen and oxygen atoms in total. The van der Waals surface area contributed by atoms with E-state index in [0.29, 0.717) is 17.3 Å². The zero-order chi connectivity index (χ0) is 25.4. The third-order valence-electron chi connectivity index (χ3n) is 7.09. The lowest BCUT2D eigenvalue weighted by molar-refractivity contribution is 0.102. The second-order valence-corrected chi connectivity index (χ2v) is 10.7. The third kappa shape index (κ3) is 5.03. The molecule has 2 saturated heterocycles. The van der Waals surface area contributed by atoms with Crippen LogP contribution in [0.25, 0.3) is 21.7 Å². The van der Waals surface area contributed by atoms with E-state index in [0.717, 1.165) is 85.3 Å². The summed E-state index contributed by atoms with van der Waals surface area (Å²) < 4.78 is 6.19. The third-order valence-corrected chi connectivity index (χ3v) is 7.99. The van der Waals surface area contributed by atoms with Gasteiger partial charge in [0.1, 0.15) is 16.2 Å². The maximum Gasteiger partial charge on any atom is 0.298 e. The molecule has 192 valence electrons. The van der Waals surface area contributed by atoms with Gasteiger partial charge in [0.15, 0.2) is 5.58 Å². The van der Waals surface area contributed by atoms with Gasteiger partial charge in [0.05, 0.1) is 11.4 Å². The molecule has 0 atom stereocenters. The van der Waals surface area contributed by atoms with E-state index in [-0.39, 0.29) is 5.91 Å². The molecule has 2 aliphatic rings. The molecule has 2 aliphatic heterocycles. The van der Waals surface area contributed by atoms with Gasteiger partial charge in [-0.25, -0.2) is 4.98 Å². The Balaban J connectivity index is 1.30. The number of thiazole rings is 1. The van der Waals surface area contributed by atoms with Crippen molar-refractivity contribution in [2.45, 2.75) is 26.2 Å². The minimum absolute atomic E-state index is 0.232. The minimum Gasteiger partial charge on any atom is -0.423 e. The summed E-state index contributed by atoms with van der Waals surface area (Å²) in [5.74, 6) is -0.232. The summed E-state index contributed by atoms with van der Waals surface area (Å²) in [5, 5.41) is 5.74.